The van der Waals surface area contributed by atoms with E-state index in [9.17, 15) is 9.59 Å². The van der Waals surface area contributed by atoms with Gasteiger partial charge in [-0.15, -0.1) is 0 Å². The summed E-state index contributed by atoms with van der Waals surface area (Å²) in [6, 6.07) is 11.7. The van der Waals surface area contributed by atoms with E-state index in [0.29, 0.717) is 0 Å². The molecular weight excluding hydrogens is 326 g/mol. The molecule has 5 nitrogen and oxygen atoms in total. The van der Waals surface area contributed by atoms with Crippen LogP contribution in [-0.4, -0.2) is 32.0 Å². The van der Waals surface area contributed by atoms with E-state index in [1.54, 1.807) is 0 Å². The van der Waals surface area contributed by atoms with Crippen LogP contribution >= 0.6 is 0 Å². The van der Waals surface area contributed by atoms with Gasteiger partial charge in [-0.1, -0.05) is 24.3 Å². The second-order valence-corrected chi connectivity index (χ2v) is 6.90. The first-order chi connectivity index (χ1) is 12.3. The summed E-state index contributed by atoms with van der Waals surface area (Å²) in [7, 11) is 1.84. The van der Waals surface area contributed by atoms with E-state index in [1.807, 2.05) is 71.1 Å². The van der Waals surface area contributed by atoms with Gasteiger partial charge in [-0.3, -0.25) is 9.59 Å². The van der Waals surface area contributed by atoms with Gasteiger partial charge in [-0.25, -0.2) is 0 Å². The second-order valence-electron chi connectivity index (χ2n) is 6.90. The molecule has 0 aromatic heterocycles. The maximum atomic E-state index is 12.3. The van der Waals surface area contributed by atoms with Gasteiger partial charge in [0.05, 0.1) is 7.05 Å². The average molecular weight is 354 g/mol. The van der Waals surface area contributed by atoms with Crippen LogP contribution in [-0.2, 0) is 9.59 Å². The zero-order chi connectivity index (χ0) is 19.3. The number of hydrogen-bond donors (Lipinski definition) is 3. The molecule has 0 saturated carbocycles. The van der Waals surface area contributed by atoms with Crippen molar-refractivity contribution in [2.45, 2.75) is 27.7 Å². The fraction of sp³-hybridized carbons (Fsp3) is 0.333. The van der Waals surface area contributed by atoms with Crippen molar-refractivity contribution in [3.8, 4) is 0 Å². The Morgan fingerprint density at radius 3 is 1.54 bits per heavy atom. The number of anilines is 2. The third-order valence-corrected chi connectivity index (χ3v) is 4.68. The minimum atomic E-state index is -0.101. The van der Waals surface area contributed by atoms with E-state index in [2.05, 4.69) is 10.6 Å². The molecule has 2 rings (SSSR count). The molecule has 138 valence electrons. The average Bonchev–Trinajstić information content (AvgIpc) is 2.56. The van der Waals surface area contributed by atoms with Crippen LogP contribution < -0.4 is 15.5 Å². The van der Waals surface area contributed by atoms with E-state index < -0.39 is 0 Å². The highest BCUT2D eigenvalue weighted by molar-refractivity contribution is 5.94. The van der Waals surface area contributed by atoms with E-state index in [4.69, 9.17) is 0 Å². The summed E-state index contributed by atoms with van der Waals surface area (Å²) in [6.07, 6.45) is 0. The van der Waals surface area contributed by atoms with Crippen LogP contribution in [0.15, 0.2) is 36.4 Å². The van der Waals surface area contributed by atoms with Gasteiger partial charge in [0.2, 0.25) is 0 Å². The Morgan fingerprint density at radius 1 is 0.769 bits per heavy atom. The lowest BCUT2D eigenvalue weighted by Crippen LogP contribution is -3.11. The van der Waals surface area contributed by atoms with Crippen molar-refractivity contribution in [2.75, 3.05) is 30.8 Å². The summed E-state index contributed by atoms with van der Waals surface area (Å²) >= 11 is 0. The predicted molar refractivity (Wildman–Crippen MR) is 106 cm³/mol. The van der Waals surface area contributed by atoms with Crippen molar-refractivity contribution < 1.29 is 14.5 Å². The van der Waals surface area contributed by atoms with Gasteiger partial charge in [-0.2, -0.15) is 0 Å². The number of hydrogen-bond acceptors (Lipinski definition) is 2. The van der Waals surface area contributed by atoms with Gasteiger partial charge >= 0.3 is 0 Å². The number of carbonyl (C=O) groups excluding carboxylic acids is 2. The number of nitrogens with one attached hydrogen (secondary N) is 3. The summed E-state index contributed by atoms with van der Waals surface area (Å²) in [5, 5.41) is 5.86. The Bertz CT molecular complexity index is 747. The number of benzene rings is 2. The molecule has 26 heavy (non-hydrogen) atoms. The molecule has 0 unspecified atom stereocenters. The van der Waals surface area contributed by atoms with Crippen molar-refractivity contribution in [3.05, 3.63) is 58.7 Å². The minimum absolute atomic E-state index is 0.101. The molecule has 0 spiro atoms. The van der Waals surface area contributed by atoms with Crippen LogP contribution in [0.25, 0.3) is 0 Å². The van der Waals surface area contributed by atoms with Crippen molar-refractivity contribution in [1.82, 2.24) is 0 Å². The maximum absolute atomic E-state index is 12.3. The van der Waals surface area contributed by atoms with Crippen LogP contribution in [0, 0.1) is 27.7 Å². The fourth-order valence-electron chi connectivity index (χ4n) is 2.77. The van der Waals surface area contributed by atoms with Crippen LogP contribution in [0.2, 0.25) is 0 Å². The normalized spacial score (nSPS) is 10.7. The summed E-state index contributed by atoms with van der Waals surface area (Å²) in [5.41, 5.74) is 6.04. The zero-order valence-electron chi connectivity index (χ0n) is 16.2. The van der Waals surface area contributed by atoms with E-state index in [0.717, 1.165) is 38.5 Å². The Kier molecular flexibility index (Phi) is 6.52. The number of amides is 2. The number of carbonyl (C=O) groups is 2. The monoisotopic (exact) mass is 354 g/mol. The molecule has 2 aromatic rings. The molecule has 0 fully saturated rings. The van der Waals surface area contributed by atoms with E-state index >= 15 is 0 Å². The minimum Gasteiger partial charge on any atom is -0.322 e. The van der Waals surface area contributed by atoms with Crippen molar-refractivity contribution >= 4 is 23.2 Å². The second kappa shape index (κ2) is 8.63. The Balaban J connectivity index is 1.88. The number of likely N-dealkylation sites (N-methyl/N-ethyl adjacent to an activating group) is 1. The molecule has 0 aliphatic heterocycles. The first-order valence-electron chi connectivity index (χ1n) is 8.81. The van der Waals surface area contributed by atoms with Gasteiger partial charge in [-0.05, 0) is 62.1 Å². The summed E-state index contributed by atoms with van der Waals surface area (Å²) in [5.74, 6) is -0.202. The summed E-state index contributed by atoms with van der Waals surface area (Å²) in [6.45, 7) is 8.46. The molecule has 0 heterocycles. The van der Waals surface area contributed by atoms with E-state index in [-0.39, 0.29) is 24.9 Å². The highest BCUT2D eigenvalue weighted by Gasteiger charge is 2.16. The lowest BCUT2D eigenvalue weighted by molar-refractivity contribution is -0.862. The molecule has 0 aliphatic carbocycles. The molecule has 5 heteroatoms. The first kappa shape index (κ1) is 19.7. The summed E-state index contributed by atoms with van der Waals surface area (Å²) < 4.78 is 0. The molecule has 2 aromatic carbocycles. The standard InChI is InChI=1S/C21H27N3O2/c1-14-8-6-10-18(16(14)3)22-20(25)12-24(5)13-21(26)23-19-11-7-9-15(2)17(19)4/h6-11H,12-13H2,1-5H3,(H,22,25)(H,23,26)/p+1. The van der Waals surface area contributed by atoms with Crippen LogP contribution in [0.3, 0.4) is 0 Å². The number of rotatable bonds is 6. The maximum Gasteiger partial charge on any atom is 0.279 e. The lowest BCUT2D eigenvalue weighted by Gasteiger charge is -2.16. The SMILES string of the molecule is Cc1cccc(NC(=O)C[NH+](C)CC(=O)Nc2cccc(C)c2C)c1C. The van der Waals surface area contributed by atoms with Gasteiger partial charge in [0.15, 0.2) is 13.1 Å². The topological polar surface area (TPSA) is 62.6 Å². The Labute approximate surface area is 155 Å². The largest absolute Gasteiger partial charge is 0.322 e. The summed E-state index contributed by atoms with van der Waals surface area (Å²) in [4.78, 5) is 25.4. The smallest absolute Gasteiger partial charge is 0.279 e. The third kappa shape index (κ3) is 5.17. The highest BCUT2D eigenvalue weighted by Crippen LogP contribution is 2.18. The van der Waals surface area contributed by atoms with Gasteiger partial charge < -0.3 is 15.5 Å². The Hall–Kier alpha value is -2.66. The number of aryl methyl sites for hydroxylation is 2. The molecule has 0 bridgehead atoms. The fourth-order valence-corrected chi connectivity index (χ4v) is 2.77. The van der Waals surface area contributed by atoms with Crippen molar-refractivity contribution in [3.63, 3.8) is 0 Å². The van der Waals surface area contributed by atoms with Crippen LogP contribution in [0.1, 0.15) is 22.3 Å². The molecule has 0 aliphatic rings. The molecule has 2 amide bonds. The molecular formula is C21H28N3O2+. The molecule has 0 saturated heterocycles. The van der Waals surface area contributed by atoms with Gasteiger partial charge in [0.1, 0.15) is 0 Å². The number of quaternary nitrogens is 1. The van der Waals surface area contributed by atoms with Crippen molar-refractivity contribution in [1.29, 1.82) is 0 Å². The highest BCUT2D eigenvalue weighted by atomic mass is 16.2. The van der Waals surface area contributed by atoms with Crippen molar-refractivity contribution in [2.24, 2.45) is 0 Å². The van der Waals surface area contributed by atoms with E-state index in [1.165, 1.54) is 0 Å². The van der Waals surface area contributed by atoms with Crippen LogP contribution in [0.4, 0.5) is 11.4 Å². The Morgan fingerprint density at radius 2 is 1.15 bits per heavy atom. The van der Waals surface area contributed by atoms with Gasteiger partial charge in [0, 0.05) is 11.4 Å². The van der Waals surface area contributed by atoms with Crippen LogP contribution in [0.5, 0.6) is 0 Å². The first-order valence-corrected chi connectivity index (χ1v) is 8.81. The lowest BCUT2D eigenvalue weighted by atomic mass is 10.1. The molecule has 3 N–H and O–H groups in total. The third-order valence-electron chi connectivity index (χ3n) is 4.68. The quantitative estimate of drug-likeness (QED) is 0.743. The van der Waals surface area contributed by atoms with Gasteiger partial charge in [0.25, 0.3) is 11.8 Å². The zero-order valence-corrected chi connectivity index (χ0v) is 16.2. The molecule has 0 radical (unpaired) electrons. The predicted octanol–water partition coefficient (Wildman–Crippen LogP) is 2.01. The molecule has 0 atom stereocenters.